The summed E-state index contributed by atoms with van der Waals surface area (Å²) < 4.78 is 5.60. The lowest BCUT2D eigenvalue weighted by Gasteiger charge is -2.41. The molecule has 3 atom stereocenters. The molecular weight excluding hydrogens is 200 g/mol. The highest BCUT2D eigenvalue weighted by Gasteiger charge is 2.29. The van der Waals surface area contributed by atoms with E-state index in [-0.39, 0.29) is 0 Å². The molecule has 3 nitrogen and oxygen atoms in total. The molecule has 0 saturated carbocycles. The molecule has 2 fully saturated rings. The van der Waals surface area contributed by atoms with E-state index in [4.69, 9.17) is 4.74 Å². The van der Waals surface area contributed by atoms with Crippen molar-refractivity contribution in [2.24, 2.45) is 5.92 Å². The highest BCUT2D eigenvalue weighted by molar-refractivity contribution is 4.84. The van der Waals surface area contributed by atoms with Crippen molar-refractivity contribution in [3.63, 3.8) is 0 Å². The Morgan fingerprint density at radius 1 is 1.31 bits per heavy atom. The molecule has 0 aromatic rings. The number of ether oxygens (including phenoxy) is 1. The van der Waals surface area contributed by atoms with E-state index in [0.29, 0.717) is 12.1 Å². The molecule has 0 aliphatic carbocycles. The van der Waals surface area contributed by atoms with E-state index < -0.39 is 0 Å². The van der Waals surface area contributed by atoms with E-state index in [1.165, 1.54) is 38.8 Å². The van der Waals surface area contributed by atoms with Crippen LogP contribution in [-0.4, -0.2) is 50.3 Å². The summed E-state index contributed by atoms with van der Waals surface area (Å²) in [7, 11) is 2.08. The molecule has 0 radical (unpaired) electrons. The van der Waals surface area contributed by atoms with Gasteiger partial charge in [0.25, 0.3) is 0 Å². The summed E-state index contributed by atoms with van der Waals surface area (Å²) in [6.07, 6.45) is 5.31. The maximum Gasteiger partial charge on any atom is 0.0621 e. The first-order chi connectivity index (χ1) is 7.81. The normalized spacial score (nSPS) is 34.9. The van der Waals surface area contributed by atoms with Crippen LogP contribution in [0.4, 0.5) is 0 Å². The predicted octanol–water partition coefficient (Wildman–Crippen LogP) is 1.49. The van der Waals surface area contributed by atoms with Gasteiger partial charge < -0.3 is 10.1 Å². The molecule has 0 bridgehead atoms. The summed E-state index contributed by atoms with van der Waals surface area (Å²) in [6.45, 7) is 6.78. The summed E-state index contributed by atoms with van der Waals surface area (Å²) in [6, 6.07) is 1.34. The van der Waals surface area contributed by atoms with Gasteiger partial charge in [-0.1, -0.05) is 0 Å². The fourth-order valence-corrected chi connectivity index (χ4v) is 3.03. The fraction of sp³-hybridized carbons (Fsp3) is 1.00. The molecule has 2 heterocycles. The van der Waals surface area contributed by atoms with Crippen molar-refractivity contribution >= 4 is 0 Å². The Morgan fingerprint density at radius 2 is 2.19 bits per heavy atom. The average Bonchev–Trinajstić information content (AvgIpc) is 2.39. The van der Waals surface area contributed by atoms with Crippen LogP contribution in [0.25, 0.3) is 0 Å². The van der Waals surface area contributed by atoms with Gasteiger partial charge in [0.05, 0.1) is 6.61 Å². The third-order valence-corrected chi connectivity index (χ3v) is 4.30. The molecule has 0 amide bonds. The Bertz CT molecular complexity index is 204. The first-order valence-corrected chi connectivity index (χ1v) is 6.80. The van der Waals surface area contributed by atoms with Crippen LogP contribution >= 0.6 is 0 Å². The Morgan fingerprint density at radius 3 is 2.88 bits per heavy atom. The number of nitrogens with one attached hydrogen (secondary N) is 1. The number of nitrogens with zero attached hydrogens (tertiary/aromatic N) is 1. The summed E-state index contributed by atoms with van der Waals surface area (Å²) >= 11 is 0. The minimum Gasteiger partial charge on any atom is -0.380 e. The van der Waals surface area contributed by atoms with Crippen LogP contribution in [0.15, 0.2) is 0 Å². The molecule has 0 aromatic carbocycles. The first kappa shape index (κ1) is 12.3. The highest BCUT2D eigenvalue weighted by Crippen LogP contribution is 2.24. The maximum atomic E-state index is 5.60. The van der Waals surface area contributed by atoms with Crippen molar-refractivity contribution < 1.29 is 4.74 Å². The third-order valence-electron chi connectivity index (χ3n) is 4.30. The summed E-state index contributed by atoms with van der Waals surface area (Å²) in [5.74, 6) is 0.820. The third kappa shape index (κ3) is 2.96. The van der Waals surface area contributed by atoms with E-state index in [1.807, 2.05) is 0 Å². The molecule has 0 aromatic heterocycles. The quantitative estimate of drug-likeness (QED) is 0.789. The minimum absolute atomic E-state index is 0.646. The molecule has 16 heavy (non-hydrogen) atoms. The first-order valence-electron chi connectivity index (χ1n) is 6.80. The van der Waals surface area contributed by atoms with Crippen molar-refractivity contribution in [3.05, 3.63) is 0 Å². The molecule has 3 unspecified atom stereocenters. The van der Waals surface area contributed by atoms with Crippen molar-refractivity contribution in [1.29, 1.82) is 0 Å². The van der Waals surface area contributed by atoms with Crippen LogP contribution in [0.2, 0.25) is 0 Å². The van der Waals surface area contributed by atoms with Crippen LogP contribution in [0.1, 0.15) is 32.6 Å². The molecule has 2 aliphatic rings. The van der Waals surface area contributed by atoms with Gasteiger partial charge in [-0.25, -0.2) is 0 Å². The van der Waals surface area contributed by atoms with Crippen LogP contribution in [0.5, 0.6) is 0 Å². The smallest absolute Gasteiger partial charge is 0.0621 e. The second-order valence-electron chi connectivity index (χ2n) is 5.35. The molecule has 2 aliphatic heterocycles. The van der Waals surface area contributed by atoms with Crippen molar-refractivity contribution in [1.82, 2.24) is 10.2 Å². The summed E-state index contributed by atoms with van der Waals surface area (Å²) in [5, 5.41) is 3.40. The lowest BCUT2D eigenvalue weighted by molar-refractivity contribution is -0.00118. The Kier molecular flexibility index (Phi) is 4.62. The van der Waals surface area contributed by atoms with Crippen molar-refractivity contribution in [2.75, 3.05) is 33.4 Å². The van der Waals surface area contributed by atoms with Gasteiger partial charge in [0.1, 0.15) is 0 Å². The number of likely N-dealkylation sites (tertiary alicyclic amines) is 1. The van der Waals surface area contributed by atoms with Gasteiger partial charge in [-0.2, -0.15) is 0 Å². The van der Waals surface area contributed by atoms with Gasteiger partial charge >= 0.3 is 0 Å². The topological polar surface area (TPSA) is 24.5 Å². The zero-order valence-corrected chi connectivity index (χ0v) is 10.7. The van der Waals surface area contributed by atoms with Gasteiger partial charge in [-0.15, -0.1) is 0 Å². The highest BCUT2D eigenvalue weighted by atomic mass is 16.5. The van der Waals surface area contributed by atoms with Gasteiger partial charge in [0, 0.05) is 25.2 Å². The second-order valence-corrected chi connectivity index (χ2v) is 5.35. The van der Waals surface area contributed by atoms with Gasteiger partial charge in [0.15, 0.2) is 0 Å². The van der Waals surface area contributed by atoms with E-state index in [2.05, 4.69) is 24.2 Å². The largest absolute Gasteiger partial charge is 0.380 e. The number of hydrogen-bond acceptors (Lipinski definition) is 3. The monoisotopic (exact) mass is 226 g/mol. The number of piperidine rings is 1. The summed E-state index contributed by atoms with van der Waals surface area (Å²) in [4.78, 5) is 2.67. The SMILES string of the molecule is CNC(C)C1CCCN(C2CCCOC2)C1. The number of hydrogen-bond donors (Lipinski definition) is 1. The lowest BCUT2D eigenvalue weighted by Crippen LogP contribution is -2.49. The number of rotatable bonds is 3. The molecular formula is C13H26N2O. The van der Waals surface area contributed by atoms with E-state index in [9.17, 15) is 0 Å². The minimum atomic E-state index is 0.646. The Labute approximate surface area is 99.5 Å². The van der Waals surface area contributed by atoms with E-state index in [0.717, 1.165) is 19.1 Å². The lowest BCUT2D eigenvalue weighted by atomic mass is 9.90. The molecule has 2 saturated heterocycles. The predicted molar refractivity (Wildman–Crippen MR) is 66.7 cm³/mol. The van der Waals surface area contributed by atoms with Crippen LogP contribution in [0.3, 0.4) is 0 Å². The van der Waals surface area contributed by atoms with E-state index >= 15 is 0 Å². The van der Waals surface area contributed by atoms with Crippen LogP contribution in [-0.2, 0) is 4.74 Å². The zero-order chi connectivity index (χ0) is 11.4. The second kappa shape index (κ2) is 5.99. The fourth-order valence-electron chi connectivity index (χ4n) is 3.03. The molecule has 2 rings (SSSR count). The molecule has 1 N–H and O–H groups in total. The van der Waals surface area contributed by atoms with Gasteiger partial charge in [-0.3, -0.25) is 4.90 Å². The standard InChI is InChI=1S/C13H26N2O/c1-11(14-2)12-5-3-7-15(9-12)13-6-4-8-16-10-13/h11-14H,3-10H2,1-2H3. The Balaban J connectivity index is 1.85. The molecule has 3 heteroatoms. The van der Waals surface area contributed by atoms with Gasteiger partial charge in [0.2, 0.25) is 0 Å². The molecule has 0 spiro atoms. The van der Waals surface area contributed by atoms with Crippen molar-refractivity contribution in [2.45, 2.75) is 44.7 Å². The Hall–Kier alpha value is -0.120. The van der Waals surface area contributed by atoms with Gasteiger partial charge in [-0.05, 0) is 52.1 Å². The molecule has 94 valence electrons. The van der Waals surface area contributed by atoms with Crippen LogP contribution < -0.4 is 5.32 Å². The summed E-state index contributed by atoms with van der Waals surface area (Å²) in [5.41, 5.74) is 0. The average molecular weight is 226 g/mol. The van der Waals surface area contributed by atoms with E-state index in [1.54, 1.807) is 0 Å². The van der Waals surface area contributed by atoms with Crippen LogP contribution in [0, 0.1) is 5.92 Å². The van der Waals surface area contributed by atoms with Crippen molar-refractivity contribution in [3.8, 4) is 0 Å². The zero-order valence-electron chi connectivity index (χ0n) is 10.7. The maximum absolute atomic E-state index is 5.60.